The maximum Gasteiger partial charge on any atom is 0.253 e. The van der Waals surface area contributed by atoms with Crippen molar-refractivity contribution in [1.29, 1.82) is 0 Å². The summed E-state index contributed by atoms with van der Waals surface area (Å²) in [6.07, 6.45) is 0. The Labute approximate surface area is 203 Å². The minimum absolute atomic E-state index is 0.0293. The number of hydrogen-bond acceptors (Lipinski definition) is 4. The second-order valence-electron chi connectivity index (χ2n) is 8.34. The van der Waals surface area contributed by atoms with Crippen molar-refractivity contribution in [3.8, 4) is 11.5 Å². The number of nitrogens with one attached hydrogen (secondary N) is 2. The highest BCUT2D eigenvalue weighted by Crippen LogP contribution is 2.35. The monoisotopic (exact) mass is 471 g/mol. The van der Waals surface area contributed by atoms with Crippen LogP contribution in [-0.4, -0.2) is 21.8 Å². The van der Waals surface area contributed by atoms with Gasteiger partial charge in [0.05, 0.1) is 18.1 Å². The summed E-state index contributed by atoms with van der Waals surface area (Å²) in [4.78, 5) is 18.0. The normalized spacial score (nSPS) is 13.0. The Kier molecular flexibility index (Phi) is 6.18. The zero-order valence-electron chi connectivity index (χ0n) is 18.8. The smallest absolute Gasteiger partial charge is 0.253 e. The molecule has 172 valence electrons. The van der Waals surface area contributed by atoms with Gasteiger partial charge < -0.3 is 24.7 Å². The van der Waals surface area contributed by atoms with Crippen molar-refractivity contribution in [1.82, 2.24) is 15.2 Å². The molecule has 2 heterocycles. The van der Waals surface area contributed by atoms with Crippen LogP contribution in [0, 0.1) is 0 Å². The summed E-state index contributed by atoms with van der Waals surface area (Å²) >= 11 is 5.82. The first-order valence-corrected chi connectivity index (χ1v) is 11.6. The molecule has 0 saturated heterocycles. The molecule has 1 aliphatic rings. The Balaban J connectivity index is 1.43. The molecule has 0 unspecified atom stereocenters. The Hall–Kier alpha value is -3.84. The van der Waals surface area contributed by atoms with Crippen molar-refractivity contribution in [2.24, 2.45) is 0 Å². The van der Waals surface area contributed by atoms with Crippen molar-refractivity contribution >= 4 is 28.2 Å². The lowest BCUT2D eigenvalue weighted by atomic mass is 10.1. The van der Waals surface area contributed by atoms with E-state index in [9.17, 15) is 4.79 Å². The second kappa shape index (κ2) is 9.57. The number of H-pyrrole nitrogens is 1. The summed E-state index contributed by atoms with van der Waals surface area (Å²) in [6, 6.07) is 25.9. The topological polar surface area (TPSA) is 66.6 Å². The molecule has 0 fully saturated rings. The van der Waals surface area contributed by atoms with Gasteiger partial charge in [-0.1, -0.05) is 60.7 Å². The quantitative estimate of drug-likeness (QED) is 0.390. The summed E-state index contributed by atoms with van der Waals surface area (Å²) in [7, 11) is 0. The minimum Gasteiger partial charge on any atom is -0.454 e. The maximum absolute atomic E-state index is 13.0. The van der Waals surface area contributed by atoms with Gasteiger partial charge in [-0.05, 0) is 42.4 Å². The van der Waals surface area contributed by atoms with E-state index in [1.54, 1.807) is 6.07 Å². The first kappa shape index (κ1) is 22.0. The number of hydrogen-bond donors (Lipinski definition) is 2. The molecule has 0 aliphatic carbocycles. The van der Waals surface area contributed by atoms with Crippen LogP contribution in [0.3, 0.4) is 0 Å². The Morgan fingerprint density at radius 2 is 1.68 bits per heavy atom. The summed E-state index contributed by atoms with van der Waals surface area (Å²) in [6.45, 7) is 3.20. The maximum atomic E-state index is 13.0. The molecule has 1 aliphatic heterocycles. The Bertz CT molecular complexity index is 1370. The van der Waals surface area contributed by atoms with Gasteiger partial charge in [-0.15, -0.1) is 0 Å². The molecule has 0 bridgehead atoms. The zero-order valence-corrected chi connectivity index (χ0v) is 19.6. The van der Waals surface area contributed by atoms with Crippen LogP contribution < -0.4 is 20.3 Å². The van der Waals surface area contributed by atoms with Gasteiger partial charge in [0.15, 0.2) is 16.6 Å². The highest BCUT2D eigenvalue weighted by Gasteiger charge is 2.18. The predicted octanol–water partition coefficient (Wildman–Crippen LogP) is 4.89. The number of pyridine rings is 1. The third-order valence-corrected chi connectivity index (χ3v) is 6.29. The van der Waals surface area contributed by atoms with Gasteiger partial charge in [-0.2, -0.15) is 0 Å². The molecule has 2 N–H and O–H groups in total. The van der Waals surface area contributed by atoms with Crippen molar-refractivity contribution in [2.75, 3.05) is 6.79 Å². The van der Waals surface area contributed by atoms with Crippen LogP contribution in [0.4, 0.5) is 0 Å². The van der Waals surface area contributed by atoms with Gasteiger partial charge in [-0.25, -0.2) is 0 Å². The Morgan fingerprint density at radius 3 is 2.41 bits per heavy atom. The van der Waals surface area contributed by atoms with Gasteiger partial charge in [-0.3, -0.25) is 4.79 Å². The fourth-order valence-electron chi connectivity index (χ4n) is 4.07. The molecule has 0 saturated carbocycles. The minimum atomic E-state index is -0.150. The standard InChI is InChI=1S/C27H25N3O3S/c1-18(20-10-6-3-7-11-20)28-27(34)30(15-19-8-4-2-5-9-19)16-22-12-21-13-24-25(33-17-32-24)14-23(21)29-26(22)31/h2-14,18H,15-17H2,1H3,(H,28,34)(H,29,31)/t18-/m1/s1. The van der Waals surface area contributed by atoms with Crippen molar-refractivity contribution in [3.05, 3.63) is 106 Å². The molecule has 7 heteroatoms. The number of rotatable bonds is 6. The van der Waals surface area contributed by atoms with E-state index in [1.165, 1.54) is 0 Å². The molecular weight excluding hydrogens is 446 g/mol. The second-order valence-corrected chi connectivity index (χ2v) is 8.73. The molecule has 34 heavy (non-hydrogen) atoms. The average molecular weight is 472 g/mol. The third kappa shape index (κ3) is 4.75. The van der Waals surface area contributed by atoms with Crippen LogP contribution in [0.15, 0.2) is 83.7 Å². The van der Waals surface area contributed by atoms with E-state index < -0.39 is 0 Å². The molecule has 6 nitrogen and oxygen atoms in total. The SMILES string of the molecule is C[C@@H](NC(=S)N(Cc1ccccc1)Cc1cc2cc3c(cc2[nH]c1=O)OCO3)c1ccccc1. The van der Waals surface area contributed by atoms with Crippen LogP contribution in [0.5, 0.6) is 11.5 Å². The van der Waals surface area contributed by atoms with Crippen LogP contribution >= 0.6 is 12.2 Å². The van der Waals surface area contributed by atoms with Crippen LogP contribution in [0.1, 0.15) is 29.7 Å². The van der Waals surface area contributed by atoms with Gasteiger partial charge in [0.25, 0.3) is 5.56 Å². The number of fused-ring (bicyclic) bond motifs is 2. The van der Waals surface area contributed by atoms with Gasteiger partial charge >= 0.3 is 0 Å². The molecule has 4 aromatic rings. The zero-order chi connectivity index (χ0) is 23.5. The molecule has 1 aromatic heterocycles. The number of thiocarbonyl (C=S) groups is 1. The summed E-state index contributed by atoms with van der Waals surface area (Å²) in [5.41, 5.74) is 3.44. The first-order chi connectivity index (χ1) is 16.6. The number of ether oxygens (including phenoxy) is 2. The van der Waals surface area contributed by atoms with Crippen molar-refractivity contribution in [3.63, 3.8) is 0 Å². The van der Waals surface area contributed by atoms with E-state index in [4.69, 9.17) is 21.7 Å². The fraction of sp³-hybridized carbons (Fsp3) is 0.185. The molecule has 0 radical (unpaired) electrons. The molecule has 1 atom stereocenters. The largest absolute Gasteiger partial charge is 0.454 e. The van der Waals surface area contributed by atoms with Crippen LogP contribution in [0.2, 0.25) is 0 Å². The summed E-state index contributed by atoms with van der Waals surface area (Å²) in [5.74, 6) is 1.32. The third-order valence-electron chi connectivity index (χ3n) is 5.92. The highest BCUT2D eigenvalue weighted by atomic mass is 32.1. The van der Waals surface area contributed by atoms with E-state index >= 15 is 0 Å². The van der Waals surface area contributed by atoms with Gasteiger partial charge in [0, 0.05) is 23.6 Å². The van der Waals surface area contributed by atoms with E-state index in [-0.39, 0.29) is 18.4 Å². The van der Waals surface area contributed by atoms with Crippen LogP contribution in [-0.2, 0) is 13.1 Å². The lowest BCUT2D eigenvalue weighted by molar-refractivity contribution is 0.174. The first-order valence-electron chi connectivity index (χ1n) is 11.2. The fourth-order valence-corrected chi connectivity index (χ4v) is 4.38. The van der Waals surface area contributed by atoms with Crippen molar-refractivity contribution < 1.29 is 9.47 Å². The van der Waals surface area contributed by atoms with E-state index in [1.807, 2.05) is 53.4 Å². The molecule has 0 amide bonds. The lowest BCUT2D eigenvalue weighted by Crippen LogP contribution is -2.41. The molecule has 3 aromatic carbocycles. The predicted molar refractivity (Wildman–Crippen MR) is 137 cm³/mol. The number of aromatic nitrogens is 1. The van der Waals surface area contributed by atoms with E-state index in [2.05, 4.69) is 41.5 Å². The molecular formula is C27H25N3O3S. The molecule has 0 spiro atoms. The van der Waals surface area contributed by atoms with E-state index in [0.29, 0.717) is 40.8 Å². The number of nitrogens with zero attached hydrogens (tertiary/aromatic N) is 1. The highest BCUT2D eigenvalue weighted by molar-refractivity contribution is 7.80. The summed E-state index contributed by atoms with van der Waals surface area (Å²) in [5, 5.41) is 4.91. The van der Waals surface area contributed by atoms with E-state index in [0.717, 1.165) is 16.5 Å². The van der Waals surface area contributed by atoms with Gasteiger partial charge in [0.1, 0.15) is 0 Å². The Morgan fingerprint density at radius 1 is 1.00 bits per heavy atom. The summed E-state index contributed by atoms with van der Waals surface area (Å²) < 4.78 is 10.9. The average Bonchev–Trinajstić information content (AvgIpc) is 3.31. The van der Waals surface area contributed by atoms with Gasteiger partial charge in [0.2, 0.25) is 6.79 Å². The number of benzene rings is 3. The molecule has 5 rings (SSSR count). The number of aromatic amines is 1. The van der Waals surface area contributed by atoms with Crippen molar-refractivity contribution in [2.45, 2.75) is 26.1 Å². The van der Waals surface area contributed by atoms with Crippen LogP contribution in [0.25, 0.3) is 10.9 Å². The lowest BCUT2D eigenvalue weighted by Gasteiger charge is -2.28.